The van der Waals surface area contributed by atoms with E-state index in [2.05, 4.69) is 62.1 Å². The molecule has 0 bridgehead atoms. The monoisotopic (exact) mass is 762 g/mol. The maximum absolute atomic E-state index is 12.6. The number of halogens is 4. The van der Waals surface area contributed by atoms with Gasteiger partial charge < -0.3 is 24.8 Å². The van der Waals surface area contributed by atoms with Crippen molar-refractivity contribution in [3.63, 3.8) is 0 Å². The van der Waals surface area contributed by atoms with Crippen molar-refractivity contribution >= 4 is 14.5 Å². The van der Waals surface area contributed by atoms with Crippen LogP contribution >= 0.6 is 0 Å². The third kappa shape index (κ3) is 10.5. The van der Waals surface area contributed by atoms with Crippen LogP contribution in [0.5, 0.6) is 0 Å². The predicted octanol–water partition coefficient (Wildman–Crippen LogP) is 2.11. The summed E-state index contributed by atoms with van der Waals surface area (Å²) < 4.78 is 26.9. The molecule has 0 N–H and O–H groups in total. The van der Waals surface area contributed by atoms with Gasteiger partial charge in [0, 0.05) is 0 Å². The summed E-state index contributed by atoms with van der Waals surface area (Å²) in [5.74, 6) is 2.06. The molecule has 0 nitrogen and oxygen atoms in total. The van der Waals surface area contributed by atoms with Gasteiger partial charge in [-0.25, -0.2) is 8.78 Å². The van der Waals surface area contributed by atoms with Gasteiger partial charge in [-0.05, 0) is 0 Å². The second-order valence-corrected chi connectivity index (χ2v) is 26.1. The summed E-state index contributed by atoms with van der Waals surface area (Å²) in [5.41, 5.74) is 6.96. The molecular formula is C31H28Cl2F2GeHf-2. The van der Waals surface area contributed by atoms with Crippen LogP contribution in [-0.4, -0.2) is 10.1 Å². The molecule has 0 aliphatic rings. The molecule has 0 aromatic heterocycles. The molecule has 0 spiro atoms. The minimum atomic E-state index is -0.627. The van der Waals surface area contributed by atoms with Crippen molar-refractivity contribution in [3.05, 3.63) is 138 Å². The quantitative estimate of drug-likeness (QED) is 0.196. The largest absolute Gasteiger partial charge is 1.00 e. The minimum Gasteiger partial charge on any atom is -1.00 e. The Kier molecular flexibility index (Phi) is 15.2. The molecule has 0 atom stereocenters. The molecule has 0 amide bonds. The van der Waals surface area contributed by atoms with Crippen LogP contribution in [0.15, 0.2) is 115 Å². The molecule has 0 fully saturated rings. The van der Waals surface area contributed by atoms with E-state index >= 15 is 0 Å². The van der Waals surface area contributed by atoms with Gasteiger partial charge in [0.1, 0.15) is 11.6 Å². The summed E-state index contributed by atoms with van der Waals surface area (Å²) in [6, 6.07) is 36.3. The van der Waals surface area contributed by atoms with Crippen molar-refractivity contribution in [1.29, 1.82) is 0 Å². The Hall–Kier alpha value is -1.79. The average molecular weight is 761 g/mol. The van der Waals surface area contributed by atoms with Gasteiger partial charge in [0.2, 0.25) is 0 Å². The van der Waals surface area contributed by atoms with E-state index in [9.17, 15) is 8.78 Å². The van der Waals surface area contributed by atoms with Crippen LogP contribution in [-0.2, 0) is 21.3 Å². The summed E-state index contributed by atoms with van der Waals surface area (Å²) >= 11 is 1.42. The van der Waals surface area contributed by atoms with Gasteiger partial charge in [0.15, 0.2) is 0 Å². The molecule has 5 rings (SSSR count). The van der Waals surface area contributed by atoms with Gasteiger partial charge in [-0.2, -0.15) is 12.1 Å². The molecule has 5 aromatic rings. The number of hydrogen-bond donors (Lipinski definition) is 0. The Morgan fingerprint density at radius 3 is 1.22 bits per heavy atom. The topological polar surface area (TPSA) is 0 Å². The molecule has 0 radical (unpaired) electrons. The molecule has 190 valence electrons. The standard InChI is InChI=1S/2C12H10F.C7H8Ge.2ClH.Hf/c2*1-9-3-2-4-12(9)10-5-7-11(13)8-6-10;1-8-7-5-3-2-4-6-7;;;/h2*2-8H,1H3;2-6H,1H3;2*1H;/q2*-1;;;;+2/p-2. The molecule has 0 saturated carbocycles. The molecule has 0 aliphatic carbocycles. The zero-order valence-electron chi connectivity index (χ0n) is 21.0. The number of benzene rings is 3. The van der Waals surface area contributed by atoms with E-state index in [-0.39, 0.29) is 36.4 Å². The Bertz CT molecular complexity index is 1260. The smallest absolute Gasteiger partial charge is 1.00 e. The van der Waals surface area contributed by atoms with Crippen LogP contribution in [0.3, 0.4) is 0 Å². The molecule has 0 unspecified atom stereocenters. The van der Waals surface area contributed by atoms with Gasteiger partial charge in [-0.15, -0.1) is 70.8 Å². The van der Waals surface area contributed by atoms with Crippen LogP contribution in [0, 0.1) is 25.5 Å². The molecule has 37 heavy (non-hydrogen) atoms. The molecule has 0 saturated heterocycles. The van der Waals surface area contributed by atoms with E-state index in [1.54, 1.807) is 28.7 Å². The first-order valence-corrected chi connectivity index (χ1v) is 24.9. The summed E-state index contributed by atoms with van der Waals surface area (Å²) in [6.07, 6.45) is 0. The maximum Gasteiger partial charge on any atom is -1.00 e. The van der Waals surface area contributed by atoms with Crippen molar-refractivity contribution in [3.8, 4) is 22.3 Å². The molecule has 5 aromatic carbocycles. The Labute approximate surface area is 247 Å². The summed E-state index contributed by atoms with van der Waals surface area (Å²) in [6.45, 7) is 4.11. The van der Waals surface area contributed by atoms with Crippen molar-refractivity contribution in [2.45, 2.75) is 19.6 Å². The fourth-order valence-electron chi connectivity index (χ4n) is 3.61. The molecule has 6 heteroatoms. The fraction of sp³-hybridized carbons (Fsp3) is 0.0968. The molecule has 0 heterocycles. The Morgan fingerprint density at radius 1 is 0.568 bits per heavy atom. The van der Waals surface area contributed by atoms with E-state index in [4.69, 9.17) is 0 Å². The van der Waals surface area contributed by atoms with Gasteiger partial charge in [0.25, 0.3) is 0 Å². The number of rotatable bonds is 3. The van der Waals surface area contributed by atoms with E-state index in [1.807, 2.05) is 24.3 Å². The molecule has 0 aliphatic heterocycles. The van der Waals surface area contributed by atoms with Crippen LogP contribution in [0.4, 0.5) is 8.78 Å². The third-order valence-corrected chi connectivity index (χ3v) is 13.5. The summed E-state index contributed by atoms with van der Waals surface area (Å²) in [7, 11) is -0.627. The first kappa shape index (κ1) is 33.2. The van der Waals surface area contributed by atoms with E-state index < -0.39 is 10.1 Å². The fourth-order valence-corrected chi connectivity index (χ4v) is 8.18. The van der Waals surface area contributed by atoms with Crippen molar-refractivity contribution in [2.24, 2.45) is 0 Å². The van der Waals surface area contributed by atoms with Gasteiger partial charge in [0.05, 0.1) is 0 Å². The Morgan fingerprint density at radius 2 is 0.946 bits per heavy atom. The summed E-state index contributed by atoms with van der Waals surface area (Å²) in [4.78, 5) is 0. The van der Waals surface area contributed by atoms with E-state index in [1.165, 1.54) is 67.8 Å². The second kappa shape index (κ2) is 16.9. The minimum absolute atomic E-state index is 0. The van der Waals surface area contributed by atoms with Crippen molar-refractivity contribution in [1.82, 2.24) is 0 Å². The van der Waals surface area contributed by atoms with Crippen molar-refractivity contribution in [2.75, 3.05) is 0 Å². The average Bonchev–Trinajstić information content (AvgIpc) is 3.49. The van der Waals surface area contributed by atoms with Crippen LogP contribution < -0.4 is 29.2 Å². The van der Waals surface area contributed by atoms with E-state index in [0.717, 1.165) is 11.1 Å². The Balaban J connectivity index is 0.000000275. The predicted molar refractivity (Wildman–Crippen MR) is 142 cm³/mol. The van der Waals surface area contributed by atoms with Crippen LogP contribution in [0.1, 0.15) is 11.1 Å². The number of hydrogen-bond acceptors (Lipinski definition) is 0. The normalized spacial score (nSPS) is 9.49. The zero-order chi connectivity index (χ0) is 25.2. The second-order valence-electron chi connectivity index (χ2n) is 8.25. The third-order valence-electron chi connectivity index (χ3n) is 5.59. The van der Waals surface area contributed by atoms with Crippen LogP contribution in [0.2, 0.25) is 5.76 Å². The van der Waals surface area contributed by atoms with Crippen LogP contribution in [0.25, 0.3) is 22.3 Å². The van der Waals surface area contributed by atoms with Crippen molar-refractivity contribution < 1.29 is 54.9 Å². The SMILES string of the molecule is Cc1ccc[c-]1-c1ccc(F)cc1.Cc1ccc[c-]1-c1ccc(F)cc1.[CH3][Ge](=[Hf+2])[c]1ccccc1.[Cl-].[Cl-]. The zero-order valence-corrected chi connectivity index (χ0v) is 28.2. The van der Waals surface area contributed by atoms with Gasteiger partial charge >= 0.3 is 71.8 Å². The van der Waals surface area contributed by atoms with Gasteiger partial charge in [-0.3, -0.25) is 0 Å². The summed E-state index contributed by atoms with van der Waals surface area (Å²) in [5, 5.41) is 0. The number of aryl methyl sites for hydroxylation is 2. The molecular weight excluding hydrogens is 732 g/mol. The first-order valence-electron chi connectivity index (χ1n) is 11.4. The van der Waals surface area contributed by atoms with E-state index in [0.29, 0.717) is 0 Å². The first-order chi connectivity index (χ1) is 16.8. The maximum atomic E-state index is 12.6. The van der Waals surface area contributed by atoms with Gasteiger partial charge in [-0.1, -0.05) is 49.2 Å².